The van der Waals surface area contributed by atoms with E-state index in [1.165, 1.54) is 6.42 Å². The van der Waals surface area contributed by atoms with Crippen LogP contribution in [-0.4, -0.2) is 24.2 Å². The van der Waals surface area contributed by atoms with Crippen molar-refractivity contribution in [2.24, 2.45) is 0 Å². The lowest BCUT2D eigenvalue weighted by Crippen LogP contribution is -2.29. The number of hydrogen-bond acceptors (Lipinski definition) is 4. The van der Waals surface area contributed by atoms with Gasteiger partial charge in [-0.2, -0.15) is 0 Å². The minimum atomic E-state index is -0.919. The molecule has 1 N–H and O–H groups in total. The molecule has 4 nitrogen and oxygen atoms in total. The van der Waals surface area contributed by atoms with E-state index in [1.54, 1.807) is 12.1 Å². The van der Waals surface area contributed by atoms with Gasteiger partial charge < -0.3 is 14.4 Å². The average Bonchev–Trinajstić information content (AvgIpc) is 2.81. The van der Waals surface area contributed by atoms with Gasteiger partial charge in [-0.05, 0) is 48.8 Å². The summed E-state index contributed by atoms with van der Waals surface area (Å²) in [6.45, 7) is 0.397. The zero-order chi connectivity index (χ0) is 13.2. The van der Waals surface area contributed by atoms with Gasteiger partial charge in [0, 0.05) is 0 Å². The fourth-order valence-electron chi connectivity index (χ4n) is 2.74. The quantitative estimate of drug-likeness (QED) is 0.645. The van der Waals surface area contributed by atoms with Crippen molar-refractivity contribution in [1.82, 2.24) is 0 Å². The van der Waals surface area contributed by atoms with E-state index in [1.807, 2.05) is 6.07 Å². The number of rotatable bonds is 2. The molecule has 19 heavy (non-hydrogen) atoms. The van der Waals surface area contributed by atoms with Crippen LogP contribution in [0.5, 0.6) is 0 Å². The summed E-state index contributed by atoms with van der Waals surface area (Å²) in [4.78, 5) is 12.1. The van der Waals surface area contributed by atoms with Crippen molar-refractivity contribution in [3.8, 4) is 0 Å². The Bertz CT molecular complexity index is 482. The number of hydrogen-bond donors (Lipinski definition) is 1. The Kier molecular flexibility index (Phi) is 3.57. The lowest BCUT2D eigenvalue weighted by atomic mass is 9.79. The van der Waals surface area contributed by atoms with E-state index in [-0.39, 0.29) is 12.1 Å². The van der Waals surface area contributed by atoms with Crippen molar-refractivity contribution in [3.05, 3.63) is 29.3 Å². The number of benzene rings is 1. The lowest BCUT2D eigenvalue weighted by Gasteiger charge is -2.21. The lowest BCUT2D eigenvalue weighted by molar-refractivity contribution is 0.0211. The topological polar surface area (TPSA) is 55.8 Å². The predicted octanol–water partition coefficient (Wildman–Crippen LogP) is 1.39. The molecule has 5 heteroatoms. The van der Waals surface area contributed by atoms with Crippen LogP contribution in [0.25, 0.3) is 0 Å². The second-order valence-corrected chi connectivity index (χ2v) is 5.24. The second kappa shape index (κ2) is 5.35. The maximum atomic E-state index is 12.1. The van der Waals surface area contributed by atoms with Crippen LogP contribution in [0, 0.1) is 0 Å². The number of fused-ring (bicyclic) bond motifs is 1. The Balaban J connectivity index is 1.71. The third-order valence-electron chi connectivity index (χ3n) is 3.87. The standard InChI is InChI=1S/C14H17BO4/c16-14(19-12-4-2-1-3-5-12)10-6-7-11-9-18-15(17)13(11)8-10/h6-8,12,17H,1-5,9H2. The zero-order valence-corrected chi connectivity index (χ0v) is 10.8. The fraction of sp³-hybridized carbons (Fsp3) is 0.500. The molecule has 100 valence electrons. The third-order valence-corrected chi connectivity index (χ3v) is 3.87. The Labute approximate surface area is 112 Å². The molecule has 0 bridgehead atoms. The molecule has 1 aromatic carbocycles. The minimum Gasteiger partial charge on any atom is -0.459 e. The van der Waals surface area contributed by atoms with Crippen molar-refractivity contribution >= 4 is 18.6 Å². The van der Waals surface area contributed by atoms with Crippen LogP contribution in [0.1, 0.15) is 48.0 Å². The molecule has 1 aliphatic heterocycles. The number of esters is 1. The van der Waals surface area contributed by atoms with Gasteiger partial charge >= 0.3 is 13.1 Å². The van der Waals surface area contributed by atoms with Gasteiger partial charge in [-0.3, -0.25) is 0 Å². The summed E-state index contributed by atoms with van der Waals surface area (Å²) in [7, 11) is -0.919. The van der Waals surface area contributed by atoms with E-state index in [0.29, 0.717) is 17.6 Å². The maximum Gasteiger partial charge on any atom is 0.491 e. The normalized spacial score (nSPS) is 19.3. The van der Waals surface area contributed by atoms with Crippen LogP contribution < -0.4 is 5.46 Å². The van der Waals surface area contributed by atoms with Crippen LogP contribution >= 0.6 is 0 Å². The number of ether oxygens (including phenoxy) is 1. The smallest absolute Gasteiger partial charge is 0.459 e. The number of carbonyl (C=O) groups is 1. The molecule has 0 amide bonds. The van der Waals surface area contributed by atoms with Gasteiger partial charge in [-0.15, -0.1) is 0 Å². The molecule has 0 spiro atoms. The summed E-state index contributed by atoms with van der Waals surface area (Å²) in [5, 5.41) is 9.63. The van der Waals surface area contributed by atoms with Crippen molar-refractivity contribution in [2.45, 2.75) is 44.8 Å². The predicted molar refractivity (Wildman–Crippen MR) is 71.1 cm³/mol. The summed E-state index contributed by atoms with van der Waals surface area (Å²) >= 11 is 0. The molecule has 0 aromatic heterocycles. The molecule has 1 aliphatic carbocycles. The highest BCUT2D eigenvalue weighted by Gasteiger charge is 2.28. The van der Waals surface area contributed by atoms with Crippen molar-refractivity contribution in [3.63, 3.8) is 0 Å². The Morgan fingerprint density at radius 3 is 2.89 bits per heavy atom. The van der Waals surface area contributed by atoms with Gasteiger partial charge in [0.15, 0.2) is 0 Å². The molecular weight excluding hydrogens is 243 g/mol. The molecule has 0 atom stereocenters. The highest BCUT2D eigenvalue weighted by molar-refractivity contribution is 6.61. The molecule has 0 unspecified atom stereocenters. The summed E-state index contributed by atoms with van der Waals surface area (Å²) < 4.78 is 10.6. The molecule has 0 saturated heterocycles. The number of carbonyl (C=O) groups excluding carboxylic acids is 1. The van der Waals surface area contributed by atoms with Crippen LogP contribution in [0.4, 0.5) is 0 Å². The van der Waals surface area contributed by atoms with Crippen molar-refractivity contribution in [1.29, 1.82) is 0 Å². The van der Waals surface area contributed by atoms with Crippen LogP contribution in [0.3, 0.4) is 0 Å². The Morgan fingerprint density at radius 2 is 2.11 bits per heavy atom. The van der Waals surface area contributed by atoms with E-state index in [9.17, 15) is 9.82 Å². The first-order valence-corrected chi connectivity index (χ1v) is 6.87. The molecular formula is C14H17BO4. The average molecular weight is 260 g/mol. The molecule has 2 aliphatic rings. The van der Waals surface area contributed by atoms with Crippen molar-refractivity contribution < 1.29 is 19.2 Å². The monoisotopic (exact) mass is 260 g/mol. The van der Waals surface area contributed by atoms with Gasteiger partial charge in [0.05, 0.1) is 12.2 Å². The Morgan fingerprint density at radius 1 is 1.32 bits per heavy atom. The van der Waals surface area contributed by atoms with Gasteiger partial charge in [-0.1, -0.05) is 12.5 Å². The maximum absolute atomic E-state index is 12.1. The molecule has 1 fully saturated rings. The van der Waals surface area contributed by atoms with Crippen LogP contribution in [0.2, 0.25) is 0 Å². The summed E-state index contributed by atoms with van der Waals surface area (Å²) in [5.74, 6) is -0.297. The van der Waals surface area contributed by atoms with Gasteiger partial charge in [0.25, 0.3) is 0 Å². The van der Waals surface area contributed by atoms with Crippen LogP contribution in [-0.2, 0) is 16.0 Å². The first-order chi connectivity index (χ1) is 9.24. The van der Waals surface area contributed by atoms with E-state index in [0.717, 1.165) is 31.2 Å². The Hall–Kier alpha value is -1.33. The van der Waals surface area contributed by atoms with E-state index in [2.05, 4.69) is 0 Å². The highest BCUT2D eigenvalue weighted by atomic mass is 16.5. The molecule has 1 heterocycles. The van der Waals surface area contributed by atoms with Gasteiger partial charge in [0.2, 0.25) is 0 Å². The molecule has 1 aromatic rings. The van der Waals surface area contributed by atoms with Crippen molar-refractivity contribution in [2.75, 3.05) is 0 Å². The van der Waals surface area contributed by atoms with Gasteiger partial charge in [0.1, 0.15) is 6.10 Å². The van der Waals surface area contributed by atoms with Gasteiger partial charge in [-0.25, -0.2) is 4.79 Å². The highest BCUT2D eigenvalue weighted by Crippen LogP contribution is 2.21. The zero-order valence-electron chi connectivity index (χ0n) is 10.8. The summed E-state index contributed by atoms with van der Waals surface area (Å²) in [5.41, 5.74) is 2.11. The first-order valence-electron chi connectivity index (χ1n) is 6.87. The van der Waals surface area contributed by atoms with E-state index < -0.39 is 7.12 Å². The third kappa shape index (κ3) is 2.67. The van der Waals surface area contributed by atoms with E-state index >= 15 is 0 Å². The molecule has 1 saturated carbocycles. The first kappa shape index (κ1) is 12.7. The summed E-state index contributed by atoms with van der Waals surface area (Å²) in [6.07, 6.45) is 5.47. The van der Waals surface area contributed by atoms with E-state index in [4.69, 9.17) is 9.39 Å². The fourth-order valence-corrected chi connectivity index (χ4v) is 2.74. The van der Waals surface area contributed by atoms with Crippen LogP contribution in [0.15, 0.2) is 18.2 Å². The molecule has 0 radical (unpaired) electrons. The molecule has 3 rings (SSSR count). The summed E-state index contributed by atoms with van der Waals surface area (Å²) in [6, 6.07) is 5.24. The largest absolute Gasteiger partial charge is 0.491 e. The SMILES string of the molecule is O=C(OC1CCCCC1)c1ccc2c(c1)B(O)OC2. The second-order valence-electron chi connectivity index (χ2n) is 5.24. The minimum absolute atomic E-state index is 0.0516.